The average Bonchev–Trinajstić information content (AvgIpc) is 2.10. The van der Waals surface area contributed by atoms with E-state index in [4.69, 9.17) is 4.74 Å². The van der Waals surface area contributed by atoms with E-state index in [1.165, 1.54) is 6.42 Å². The summed E-state index contributed by atoms with van der Waals surface area (Å²) in [5.74, 6) is 1.16. The van der Waals surface area contributed by atoms with Crippen molar-refractivity contribution in [3.63, 3.8) is 0 Å². The first kappa shape index (κ1) is 13.7. The van der Waals surface area contributed by atoms with Gasteiger partial charge in [0, 0.05) is 6.42 Å². The highest BCUT2D eigenvalue weighted by atomic mass is 16.5. The maximum atomic E-state index is 5.38. The number of hydrogen-bond acceptors (Lipinski definition) is 1. The van der Waals surface area contributed by atoms with Crippen molar-refractivity contribution in [1.82, 2.24) is 0 Å². The van der Waals surface area contributed by atoms with Crippen molar-refractivity contribution >= 4 is 0 Å². The molecule has 0 fully saturated rings. The lowest BCUT2D eigenvalue weighted by Gasteiger charge is -2.05. The first-order valence-corrected chi connectivity index (χ1v) is 4.50. The molecule has 1 heteroatoms. The van der Waals surface area contributed by atoms with Crippen LogP contribution in [0.3, 0.4) is 0 Å². The average molecular weight is 168 g/mol. The number of hydrogen-bond donors (Lipinski definition) is 0. The van der Waals surface area contributed by atoms with Gasteiger partial charge in [-0.25, -0.2) is 0 Å². The highest BCUT2D eigenvalue weighted by Gasteiger charge is 1.92. The second-order valence-corrected chi connectivity index (χ2v) is 2.26. The molecule has 70 valence electrons. The van der Waals surface area contributed by atoms with Gasteiger partial charge < -0.3 is 4.74 Å². The van der Waals surface area contributed by atoms with Crippen LogP contribution in [-0.2, 0) is 4.74 Å². The molecule has 0 aromatic carbocycles. The van der Waals surface area contributed by atoms with Gasteiger partial charge in [0.1, 0.15) is 0 Å². The lowest BCUT2D eigenvalue weighted by Crippen LogP contribution is -1.90. The minimum absolute atomic E-state index is 0.797. The van der Waals surface area contributed by atoms with Gasteiger partial charge in [-0.05, 0) is 25.8 Å². The van der Waals surface area contributed by atoms with E-state index in [1.54, 1.807) is 0 Å². The molecule has 0 aliphatic rings. The Morgan fingerprint density at radius 3 is 2.17 bits per heavy atom. The van der Waals surface area contributed by atoms with Crippen LogP contribution in [0.5, 0.6) is 0 Å². The van der Waals surface area contributed by atoms with Crippen LogP contribution in [-0.4, -0.2) is 6.61 Å². The zero-order valence-electron chi connectivity index (χ0n) is 8.47. The Balaban J connectivity index is 0. The monoisotopic (exact) mass is 168 g/mol. The van der Waals surface area contributed by atoms with Gasteiger partial charge in [-0.1, -0.05) is 13.8 Å². The third kappa shape index (κ3) is 9.10. The first-order valence-electron chi connectivity index (χ1n) is 4.50. The molecule has 0 amide bonds. The van der Waals surface area contributed by atoms with Crippen LogP contribution in [0.2, 0.25) is 0 Å². The fraction of sp³-hybridized carbons (Fsp3) is 0.636. The fourth-order valence-corrected chi connectivity index (χ4v) is 0.893. The number of terminal acetylenes is 1. The van der Waals surface area contributed by atoms with E-state index in [-0.39, 0.29) is 0 Å². The standard InChI is InChI=1S/C9H18O.C2H2/c1-4-7-9(8-5-2)10-6-3;1-2/h7H,4-6,8H2,1-3H3;1-2H/b9-7+;. The topological polar surface area (TPSA) is 9.23 Å². The lowest BCUT2D eigenvalue weighted by atomic mass is 10.2. The molecule has 12 heavy (non-hydrogen) atoms. The van der Waals surface area contributed by atoms with E-state index < -0.39 is 0 Å². The minimum Gasteiger partial charge on any atom is -0.499 e. The summed E-state index contributed by atoms with van der Waals surface area (Å²) in [7, 11) is 0. The molecule has 0 N–H and O–H groups in total. The molecule has 0 radical (unpaired) electrons. The van der Waals surface area contributed by atoms with Crippen LogP contribution in [0.25, 0.3) is 0 Å². The predicted molar refractivity (Wildman–Crippen MR) is 54.8 cm³/mol. The fourth-order valence-electron chi connectivity index (χ4n) is 0.893. The number of allylic oxidation sites excluding steroid dienone is 2. The molecule has 0 aliphatic heterocycles. The molecule has 1 nitrogen and oxygen atoms in total. The molecule has 0 atom stereocenters. The van der Waals surface area contributed by atoms with Gasteiger partial charge in [-0.15, -0.1) is 12.8 Å². The van der Waals surface area contributed by atoms with Gasteiger partial charge >= 0.3 is 0 Å². The summed E-state index contributed by atoms with van der Waals surface area (Å²) in [6.07, 6.45) is 13.5. The van der Waals surface area contributed by atoms with E-state index in [1.807, 2.05) is 6.92 Å². The van der Waals surface area contributed by atoms with Crippen molar-refractivity contribution in [1.29, 1.82) is 0 Å². The Morgan fingerprint density at radius 1 is 1.25 bits per heavy atom. The summed E-state index contributed by atoms with van der Waals surface area (Å²) in [5, 5.41) is 0. The Hall–Kier alpha value is -0.900. The second kappa shape index (κ2) is 12.7. The van der Waals surface area contributed by atoms with Crippen LogP contribution in [0, 0.1) is 12.8 Å². The van der Waals surface area contributed by atoms with E-state index in [9.17, 15) is 0 Å². The largest absolute Gasteiger partial charge is 0.499 e. The zero-order valence-corrected chi connectivity index (χ0v) is 8.47. The van der Waals surface area contributed by atoms with Crippen molar-refractivity contribution < 1.29 is 4.74 Å². The maximum Gasteiger partial charge on any atom is 0.0919 e. The second-order valence-electron chi connectivity index (χ2n) is 2.26. The molecule has 0 saturated carbocycles. The lowest BCUT2D eigenvalue weighted by molar-refractivity contribution is 0.216. The summed E-state index contributed by atoms with van der Waals surface area (Å²) in [4.78, 5) is 0. The Kier molecular flexibility index (Phi) is 14.5. The molecule has 0 rings (SSSR count). The van der Waals surface area contributed by atoms with Crippen molar-refractivity contribution in [2.24, 2.45) is 0 Å². The van der Waals surface area contributed by atoms with Crippen molar-refractivity contribution in [2.75, 3.05) is 6.61 Å². The van der Waals surface area contributed by atoms with Crippen LogP contribution in [0.1, 0.15) is 40.0 Å². The van der Waals surface area contributed by atoms with Gasteiger partial charge in [0.05, 0.1) is 12.4 Å². The molecule has 0 unspecified atom stereocenters. The Labute approximate surface area is 76.8 Å². The van der Waals surface area contributed by atoms with Crippen LogP contribution >= 0.6 is 0 Å². The van der Waals surface area contributed by atoms with Crippen LogP contribution in [0.4, 0.5) is 0 Å². The van der Waals surface area contributed by atoms with E-state index >= 15 is 0 Å². The quantitative estimate of drug-likeness (QED) is 0.452. The Morgan fingerprint density at radius 2 is 1.83 bits per heavy atom. The molecule has 0 aromatic heterocycles. The maximum absolute atomic E-state index is 5.38. The molecule has 0 heterocycles. The predicted octanol–water partition coefficient (Wildman–Crippen LogP) is 3.37. The molecule has 0 spiro atoms. The third-order valence-electron chi connectivity index (χ3n) is 1.26. The van der Waals surface area contributed by atoms with Gasteiger partial charge in [0.15, 0.2) is 0 Å². The van der Waals surface area contributed by atoms with E-state index in [0.717, 1.165) is 25.2 Å². The zero-order chi connectivity index (χ0) is 9.82. The summed E-state index contributed by atoms with van der Waals surface area (Å²) in [6, 6.07) is 0. The van der Waals surface area contributed by atoms with Gasteiger partial charge in [0.2, 0.25) is 0 Å². The number of ether oxygens (including phenoxy) is 1. The summed E-state index contributed by atoms with van der Waals surface area (Å²) in [5.41, 5.74) is 0. The van der Waals surface area contributed by atoms with E-state index in [0.29, 0.717) is 0 Å². The minimum atomic E-state index is 0.797. The molecule has 0 aliphatic carbocycles. The molecule has 0 aromatic rings. The normalized spacial score (nSPS) is 9.92. The third-order valence-corrected chi connectivity index (χ3v) is 1.26. The summed E-state index contributed by atoms with van der Waals surface area (Å²) < 4.78 is 5.38. The highest BCUT2D eigenvalue weighted by Crippen LogP contribution is 2.06. The SMILES string of the molecule is C#C.CC/C=C(\CCC)OCC. The van der Waals surface area contributed by atoms with Crippen molar-refractivity contribution in [3.05, 3.63) is 11.8 Å². The van der Waals surface area contributed by atoms with Crippen LogP contribution < -0.4 is 0 Å². The number of rotatable bonds is 5. The molecular weight excluding hydrogens is 148 g/mol. The smallest absolute Gasteiger partial charge is 0.0919 e. The highest BCUT2D eigenvalue weighted by molar-refractivity contribution is 4.91. The Bertz CT molecular complexity index is 114. The van der Waals surface area contributed by atoms with Crippen molar-refractivity contribution in [3.8, 4) is 12.8 Å². The first-order chi connectivity index (χ1) is 5.85. The molecule has 0 saturated heterocycles. The van der Waals surface area contributed by atoms with Gasteiger partial charge in [-0.3, -0.25) is 0 Å². The summed E-state index contributed by atoms with van der Waals surface area (Å²) >= 11 is 0. The molecule has 0 bridgehead atoms. The van der Waals surface area contributed by atoms with E-state index in [2.05, 4.69) is 32.8 Å². The molecular formula is C11H20O. The van der Waals surface area contributed by atoms with Crippen molar-refractivity contribution in [2.45, 2.75) is 40.0 Å². The van der Waals surface area contributed by atoms with Gasteiger partial charge in [0.25, 0.3) is 0 Å². The van der Waals surface area contributed by atoms with Crippen LogP contribution in [0.15, 0.2) is 11.8 Å². The van der Waals surface area contributed by atoms with Gasteiger partial charge in [-0.2, -0.15) is 0 Å². The summed E-state index contributed by atoms with van der Waals surface area (Å²) in [6.45, 7) is 7.13.